The highest BCUT2D eigenvalue weighted by atomic mass is 16.5. The molecular weight excluding hydrogens is 338 g/mol. The number of nitrogens with zero attached hydrogens (tertiary/aromatic N) is 3. The number of methoxy groups -OCH3 is 1. The molecule has 2 aromatic carbocycles. The first-order valence-electron chi connectivity index (χ1n) is 9.55. The van der Waals surface area contributed by atoms with Crippen molar-refractivity contribution < 1.29 is 9.53 Å². The van der Waals surface area contributed by atoms with Crippen LogP contribution in [0.5, 0.6) is 5.75 Å². The van der Waals surface area contributed by atoms with Crippen molar-refractivity contribution >= 4 is 11.6 Å². The van der Waals surface area contributed by atoms with Crippen LogP contribution in [-0.2, 0) is 11.3 Å². The van der Waals surface area contributed by atoms with Crippen LogP contribution < -0.4 is 9.64 Å². The Bertz CT molecular complexity index is 718. The lowest BCUT2D eigenvalue weighted by Crippen LogP contribution is -2.41. The minimum Gasteiger partial charge on any atom is -0.497 e. The van der Waals surface area contributed by atoms with Gasteiger partial charge in [0.15, 0.2) is 0 Å². The number of carbonyl (C=O) groups excluding carboxylic acids is 1. The van der Waals surface area contributed by atoms with E-state index in [2.05, 4.69) is 17.0 Å². The molecule has 0 saturated carbocycles. The van der Waals surface area contributed by atoms with Crippen molar-refractivity contribution in [2.45, 2.75) is 13.0 Å². The lowest BCUT2D eigenvalue weighted by molar-refractivity contribution is -0.129. The molecule has 5 heteroatoms. The Kier molecular flexibility index (Phi) is 6.71. The lowest BCUT2D eigenvalue weighted by atomic mass is 10.2. The van der Waals surface area contributed by atoms with Gasteiger partial charge in [-0.25, -0.2) is 0 Å². The van der Waals surface area contributed by atoms with Crippen LogP contribution in [-0.4, -0.2) is 62.6 Å². The first-order valence-corrected chi connectivity index (χ1v) is 9.55. The van der Waals surface area contributed by atoms with E-state index in [1.165, 1.54) is 5.56 Å². The smallest absolute Gasteiger partial charge is 0.242 e. The second kappa shape index (κ2) is 9.42. The highest BCUT2D eigenvalue weighted by molar-refractivity contribution is 5.81. The summed E-state index contributed by atoms with van der Waals surface area (Å²) in [5.74, 6) is 1.08. The fraction of sp³-hybridized carbons (Fsp3) is 0.409. The van der Waals surface area contributed by atoms with Gasteiger partial charge in [-0.3, -0.25) is 9.69 Å². The van der Waals surface area contributed by atoms with Gasteiger partial charge in [-0.15, -0.1) is 0 Å². The number of ether oxygens (including phenoxy) is 1. The van der Waals surface area contributed by atoms with Gasteiger partial charge < -0.3 is 14.5 Å². The van der Waals surface area contributed by atoms with Crippen LogP contribution in [0.3, 0.4) is 0 Å². The standard InChI is InChI=1S/C22H29N3O2/c1-23(20-7-4-3-5-8-20)18-22(26)25-14-6-13-24(15-16-25)17-19-9-11-21(27-2)12-10-19/h3-5,7-12H,6,13-18H2,1-2H3. The summed E-state index contributed by atoms with van der Waals surface area (Å²) in [6.45, 7) is 4.88. The fourth-order valence-corrected chi connectivity index (χ4v) is 3.44. The molecular formula is C22H29N3O2. The maximum atomic E-state index is 12.7. The van der Waals surface area contributed by atoms with E-state index in [1.54, 1.807) is 7.11 Å². The zero-order valence-corrected chi connectivity index (χ0v) is 16.3. The van der Waals surface area contributed by atoms with E-state index in [1.807, 2.05) is 59.3 Å². The summed E-state index contributed by atoms with van der Waals surface area (Å²) in [6.07, 6.45) is 1.01. The Morgan fingerprint density at radius 3 is 2.44 bits per heavy atom. The SMILES string of the molecule is COc1ccc(CN2CCCN(C(=O)CN(C)c3ccccc3)CC2)cc1. The van der Waals surface area contributed by atoms with Crippen molar-refractivity contribution in [3.05, 3.63) is 60.2 Å². The highest BCUT2D eigenvalue weighted by Crippen LogP contribution is 2.15. The predicted octanol–water partition coefficient (Wildman–Crippen LogP) is 2.87. The Morgan fingerprint density at radius 1 is 1.00 bits per heavy atom. The fourth-order valence-electron chi connectivity index (χ4n) is 3.44. The van der Waals surface area contributed by atoms with Crippen LogP contribution in [0.25, 0.3) is 0 Å². The van der Waals surface area contributed by atoms with Crippen molar-refractivity contribution in [2.75, 3.05) is 51.8 Å². The summed E-state index contributed by atoms with van der Waals surface area (Å²) in [5.41, 5.74) is 2.35. The van der Waals surface area contributed by atoms with Crippen molar-refractivity contribution in [3.63, 3.8) is 0 Å². The van der Waals surface area contributed by atoms with Crippen LogP contribution in [0.2, 0.25) is 0 Å². The molecule has 144 valence electrons. The largest absolute Gasteiger partial charge is 0.497 e. The molecule has 0 aromatic heterocycles. The van der Waals surface area contributed by atoms with Gasteiger partial charge in [-0.05, 0) is 36.2 Å². The molecule has 3 rings (SSSR count). The average Bonchev–Trinajstić information content (AvgIpc) is 2.95. The molecule has 27 heavy (non-hydrogen) atoms. The number of likely N-dealkylation sites (N-methyl/N-ethyl adjacent to an activating group) is 1. The topological polar surface area (TPSA) is 36.0 Å². The second-order valence-corrected chi connectivity index (χ2v) is 7.05. The van der Waals surface area contributed by atoms with E-state index in [9.17, 15) is 4.79 Å². The second-order valence-electron chi connectivity index (χ2n) is 7.05. The number of carbonyl (C=O) groups is 1. The minimum atomic E-state index is 0.202. The normalized spacial score (nSPS) is 15.3. The third kappa shape index (κ3) is 5.47. The van der Waals surface area contributed by atoms with E-state index >= 15 is 0 Å². The molecule has 0 bridgehead atoms. The van der Waals surface area contributed by atoms with E-state index < -0.39 is 0 Å². The van der Waals surface area contributed by atoms with Gasteiger partial charge in [0.2, 0.25) is 5.91 Å². The van der Waals surface area contributed by atoms with Gasteiger partial charge in [0.25, 0.3) is 0 Å². The number of rotatable bonds is 6. The quantitative estimate of drug-likeness (QED) is 0.787. The van der Waals surface area contributed by atoms with E-state index in [-0.39, 0.29) is 5.91 Å². The summed E-state index contributed by atoms with van der Waals surface area (Å²) in [7, 11) is 3.66. The lowest BCUT2D eigenvalue weighted by Gasteiger charge is -2.25. The van der Waals surface area contributed by atoms with E-state index in [0.29, 0.717) is 6.54 Å². The maximum absolute atomic E-state index is 12.7. The Balaban J connectivity index is 1.50. The average molecular weight is 367 g/mol. The highest BCUT2D eigenvalue weighted by Gasteiger charge is 2.20. The van der Waals surface area contributed by atoms with Gasteiger partial charge in [-0.2, -0.15) is 0 Å². The number of hydrogen-bond donors (Lipinski definition) is 0. The Hall–Kier alpha value is -2.53. The molecule has 1 fully saturated rings. The van der Waals surface area contributed by atoms with Gasteiger partial charge in [-0.1, -0.05) is 30.3 Å². The summed E-state index contributed by atoms with van der Waals surface area (Å²) < 4.78 is 5.22. The molecule has 1 aliphatic rings. The van der Waals surface area contributed by atoms with Gasteiger partial charge >= 0.3 is 0 Å². The summed E-state index contributed by atoms with van der Waals surface area (Å²) in [6, 6.07) is 18.3. The molecule has 1 aliphatic heterocycles. The number of anilines is 1. The summed E-state index contributed by atoms with van der Waals surface area (Å²) >= 11 is 0. The predicted molar refractivity (Wildman–Crippen MR) is 109 cm³/mol. The van der Waals surface area contributed by atoms with E-state index in [0.717, 1.165) is 50.6 Å². The minimum absolute atomic E-state index is 0.202. The molecule has 0 N–H and O–H groups in total. The van der Waals surface area contributed by atoms with Crippen molar-refractivity contribution in [2.24, 2.45) is 0 Å². The van der Waals surface area contributed by atoms with Crippen LogP contribution in [0.1, 0.15) is 12.0 Å². The molecule has 5 nitrogen and oxygen atoms in total. The van der Waals surface area contributed by atoms with E-state index in [4.69, 9.17) is 4.74 Å². The van der Waals surface area contributed by atoms with Gasteiger partial charge in [0.05, 0.1) is 13.7 Å². The molecule has 0 unspecified atom stereocenters. The van der Waals surface area contributed by atoms with Gasteiger partial charge in [0, 0.05) is 45.5 Å². The molecule has 0 spiro atoms. The van der Waals surface area contributed by atoms with Crippen LogP contribution >= 0.6 is 0 Å². The van der Waals surface area contributed by atoms with Crippen molar-refractivity contribution in [1.82, 2.24) is 9.80 Å². The summed E-state index contributed by atoms with van der Waals surface area (Å²) in [4.78, 5) is 19.2. The third-order valence-electron chi connectivity index (χ3n) is 5.08. The molecule has 0 aliphatic carbocycles. The number of amides is 1. The number of benzene rings is 2. The molecule has 1 heterocycles. The molecule has 2 aromatic rings. The monoisotopic (exact) mass is 367 g/mol. The van der Waals surface area contributed by atoms with Gasteiger partial charge in [0.1, 0.15) is 5.75 Å². The Morgan fingerprint density at radius 2 is 1.74 bits per heavy atom. The zero-order valence-electron chi connectivity index (χ0n) is 16.3. The third-order valence-corrected chi connectivity index (χ3v) is 5.08. The first-order chi connectivity index (χ1) is 13.2. The molecule has 1 saturated heterocycles. The first kappa shape index (κ1) is 19.2. The van der Waals surface area contributed by atoms with Crippen molar-refractivity contribution in [1.29, 1.82) is 0 Å². The number of para-hydroxylation sites is 1. The Labute approximate surface area is 162 Å². The summed E-state index contributed by atoms with van der Waals surface area (Å²) in [5, 5.41) is 0. The van der Waals surface area contributed by atoms with Crippen LogP contribution in [0.4, 0.5) is 5.69 Å². The zero-order chi connectivity index (χ0) is 19.1. The maximum Gasteiger partial charge on any atom is 0.242 e. The van der Waals surface area contributed by atoms with Crippen LogP contribution in [0.15, 0.2) is 54.6 Å². The number of hydrogen-bond acceptors (Lipinski definition) is 4. The molecule has 1 amide bonds. The molecule has 0 atom stereocenters. The van der Waals surface area contributed by atoms with Crippen LogP contribution in [0, 0.1) is 0 Å². The van der Waals surface area contributed by atoms with Crippen molar-refractivity contribution in [3.8, 4) is 5.75 Å². The molecule has 0 radical (unpaired) electrons.